The minimum atomic E-state index is -0.358. The van der Waals surface area contributed by atoms with Gasteiger partial charge in [-0.05, 0) is 47.9 Å². The Hall–Kier alpha value is -1.94. The van der Waals surface area contributed by atoms with Crippen molar-refractivity contribution in [3.05, 3.63) is 53.1 Å². The lowest BCUT2D eigenvalue weighted by molar-refractivity contribution is 0.413. The van der Waals surface area contributed by atoms with E-state index in [0.717, 1.165) is 12.1 Å². The third kappa shape index (κ3) is 2.06. The van der Waals surface area contributed by atoms with Crippen molar-refractivity contribution in [3.63, 3.8) is 0 Å². The summed E-state index contributed by atoms with van der Waals surface area (Å²) >= 11 is 0. The second-order valence-electron chi connectivity index (χ2n) is 4.80. The summed E-state index contributed by atoms with van der Waals surface area (Å²) in [6, 6.07) is 7.74. The molecule has 0 amide bonds. The Bertz CT molecular complexity index is 655. The number of benzene rings is 2. The molecule has 2 aromatic rings. The Morgan fingerprint density at radius 3 is 2.70 bits per heavy atom. The summed E-state index contributed by atoms with van der Waals surface area (Å²) in [6.45, 7) is 1.28. The van der Waals surface area contributed by atoms with Crippen LogP contribution in [0.15, 0.2) is 30.3 Å². The Morgan fingerprint density at radius 2 is 1.90 bits per heavy atom. The molecule has 1 N–H and O–H groups in total. The SMILES string of the molecule is COc1cccc(F)c1-c1ccc(F)c2c1CNCC2. The third-order valence-electron chi connectivity index (χ3n) is 3.69. The average Bonchev–Trinajstić information content (AvgIpc) is 2.48. The van der Waals surface area contributed by atoms with Crippen molar-refractivity contribution >= 4 is 0 Å². The molecule has 20 heavy (non-hydrogen) atoms. The first-order chi connectivity index (χ1) is 9.72. The Kier molecular flexibility index (Phi) is 3.40. The lowest BCUT2D eigenvalue weighted by Gasteiger charge is -2.22. The van der Waals surface area contributed by atoms with Crippen molar-refractivity contribution in [3.8, 4) is 16.9 Å². The van der Waals surface area contributed by atoms with Gasteiger partial charge < -0.3 is 10.1 Å². The smallest absolute Gasteiger partial charge is 0.134 e. The summed E-state index contributed by atoms with van der Waals surface area (Å²) in [4.78, 5) is 0. The number of ether oxygens (including phenoxy) is 1. The maximum atomic E-state index is 14.2. The first-order valence-corrected chi connectivity index (χ1v) is 6.56. The largest absolute Gasteiger partial charge is 0.496 e. The first kappa shape index (κ1) is 13.1. The Morgan fingerprint density at radius 1 is 1.05 bits per heavy atom. The quantitative estimate of drug-likeness (QED) is 0.908. The molecular formula is C16H15F2NO. The fraction of sp³-hybridized carbons (Fsp3) is 0.250. The van der Waals surface area contributed by atoms with Gasteiger partial charge in [-0.2, -0.15) is 0 Å². The van der Waals surface area contributed by atoms with E-state index in [1.165, 1.54) is 19.2 Å². The van der Waals surface area contributed by atoms with Crippen molar-refractivity contribution in [2.75, 3.05) is 13.7 Å². The highest BCUT2D eigenvalue weighted by atomic mass is 19.1. The number of fused-ring (bicyclic) bond motifs is 1. The van der Waals surface area contributed by atoms with Crippen LogP contribution in [0.5, 0.6) is 5.75 Å². The molecule has 4 heteroatoms. The van der Waals surface area contributed by atoms with Gasteiger partial charge in [0.15, 0.2) is 0 Å². The topological polar surface area (TPSA) is 21.3 Å². The molecule has 1 aliphatic heterocycles. The van der Waals surface area contributed by atoms with Crippen LogP contribution in [-0.4, -0.2) is 13.7 Å². The zero-order valence-electron chi connectivity index (χ0n) is 11.2. The van der Waals surface area contributed by atoms with Crippen molar-refractivity contribution in [2.45, 2.75) is 13.0 Å². The standard InChI is InChI=1S/C16H15F2NO/c1-20-15-4-2-3-14(18)16(15)11-5-6-13(17)10-7-8-19-9-12(10)11/h2-6,19H,7-9H2,1H3. The zero-order chi connectivity index (χ0) is 14.1. The Labute approximate surface area is 116 Å². The molecule has 0 fully saturated rings. The third-order valence-corrected chi connectivity index (χ3v) is 3.69. The lowest BCUT2D eigenvalue weighted by Crippen LogP contribution is -2.25. The van der Waals surface area contributed by atoms with E-state index in [2.05, 4.69) is 5.32 Å². The van der Waals surface area contributed by atoms with Gasteiger partial charge in [0.25, 0.3) is 0 Å². The van der Waals surface area contributed by atoms with Gasteiger partial charge in [-0.3, -0.25) is 0 Å². The number of nitrogens with one attached hydrogen (secondary N) is 1. The minimum absolute atomic E-state index is 0.222. The van der Waals surface area contributed by atoms with E-state index in [4.69, 9.17) is 4.74 Å². The van der Waals surface area contributed by atoms with Gasteiger partial charge in [0.1, 0.15) is 17.4 Å². The summed E-state index contributed by atoms with van der Waals surface area (Å²) < 4.78 is 33.3. The van der Waals surface area contributed by atoms with Crippen LogP contribution >= 0.6 is 0 Å². The van der Waals surface area contributed by atoms with Crippen molar-refractivity contribution in [1.82, 2.24) is 5.32 Å². The van der Waals surface area contributed by atoms with Crippen LogP contribution in [0.25, 0.3) is 11.1 Å². The molecule has 0 spiro atoms. The van der Waals surface area contributed by atoms with E-state index in [1.54, 1.807) is 18.2 Å². The van der Waals surface area contributed by atoms with Crippen molar-refractivity contribution in [2.24, 2.45) is 0 Å². The maximum Gasteiger partial charge on any atom is 0.134 e. The van der Waals surface area contributed by atoms with E-state index >= 15 is 0 Å². The Balaban J connectivity index is 2.26. The van der Waals surface area contributed by atoms with Crippen LogP contribution < -0.4 is 10.1 Å². The van der Waals surface area contributed by atoms with Gasteiger partial charge >= 0.3 is 0 Å². The summed E-state index contributed by atoms with van der Waals surface area (Å²) in [5, 5.41) is 3.21. The van der Waals surface area contributed by atoms with E-state index < -0.39 is 0 Å². The average molecular weight is 275 g/mol. The van der Waals surface area contributed by atoms with Gasteiger partial charge in [-0.1, -0.05) is 12.1 Å². The second kappa shape index (κ2) is 5.21. The zero-order valence-corrected chi connectivity index (χ0v) is 11.2. The van der Waals surface area contributed by atoms with Crippen LogP contribution in [-0.2, 0) is 13.0 Å². The monoisotopic (exact) mass is 275 g/mol. The summed E-state index contributed by atoms with van der Waals surface area (Å²) in [5.41, 5.74) is 2.59. The molecule has 1 heterocycles. The lowest BCUT2D eigenvalue weighted by atomic mass is 9.91. The fourth-order valence-electron chi connectivity index (χ4n) is 2.73. The highest BCUT2D eigenvalue weighted by Gasteiger charge is 2.21. The molecule has 2 nitrogen and oxygen atoms in total. The highest BCUT2D eigenvalue weighted by molar-refractivity contribution is 5.75. The predicted molar refractivity (Wildman–Crippen MR) is 73.8 cm³/mol. The molecule has 0 radical (unpaired) electrons. The number of halogens is 2. The number of hydrogen-bond donors (Lipinski definition) is 1. The molecular weight excluding hydrogens is 260 g/mol. The van der Waals surface area contributed by atoms with Gasteiger partial charge in [0.05, 0.1) is 12.7 Å². The first-order valence-electron chi connectivity index (χ1n) is 6.56. The fourth-order valence-corrected chi connectivity index (χ4v) is 2.73. The molecule has 0 saturated heterocycles. The van der Waals surface area contributed by atoms with E-state index in [0.29, 0.717) is 35.4 Å². The van der Waals surface area contributed by atoms with Crippen LogP contribution in [0.1, 0.15) is 11.1 Å². The minimum Gasteiger partial charge on any atom is -0.496 e. The van der Waals surface area contributed by atoms with Gasteiger partial charge in [-0.25, -0.2) is 8.78 Å². The number of methoxy groups -OCH3 is 1. The summed E-state index contributed by atoms with van der Waals surface area (Å²) in [7, 11) is 1.51. The molecule has 104 valence electrons. The van der Waals surface area contributed by atoms with Crippen LogP contribution in [0, 0.1) is 11.6 Å². The summed E-state index contributed by atoms with van der Waals surface area (Å²) in [5.74, 6) is -0.117. The molecule has 0 aromatic heterocycles. The van der Waals surface area contributed by atoms with Crippen molar-refractivity contribution in [1.29, 1.82) is 0 Å². The molecule has 0 aliphatic carbocycles. The van der Waals surface area contributed by atoms with Gasteiger partial charge in [0.2, 0.25) is 0 Å². The normalized spacial score (nSPS) is 13.9. The highest BCUT2D eigenvalue weighted by Crippen LogP contribution is 2.37. The van der Waals surface area contributed by atoms with E-state index in [1.807, 2.05) is 0 Å². The molecule has 2 aromatic carbocycles. The van der Waals surface area contributed by atoms with Crippen molar-refractivity contribution < 1.29 is 13.5 Å². The maximum absolute atomic E-state index is 14.2. The molecule has 0 saturated carbocycles. The van der Waals surface area contributed by atoms with Crippen LogP contribution in [0.3, 0.4) is 0 Å². The predicted octanol–water partition coefficient (Wildman–Crippen LogP) is 3.29. The number of hydrogen-bond acceptors (Lipinski definition) is 2. The van der Waals surface area contributed by atoms with E-state index in [9.17, 15) is 8.78 Å². The van der Waals surface area contributed by atoms with E-state index in [-0.39, 0.29) is 11.6 Å². The molecule has 1 aliphatic rings. The molecule has 0 atom stereocenters. The number of rotatable bonds is 2. The van der Waals surface area contributed by atoms with Gasteiger partial charge in [-0.15, -0.1) is 0 Å². The molecule has 0 bridgehead atoms. The summed E-state index contributed by atoms with van der Waals surface area (Å²) in [6.07, 6.45) is 0.617. The van der Waals surface area contributed by atoms with Crippen LogP contribution in [0.4, 0.5) is 8.78 Å². The second-order valence-corrected chi connectivity index (χ2v) is 4.80. The van der Waals surface area contributed by atoms with Crippen LogP contribution in [0.2, 0.25) is 0 Å². The van der Waals surface area contributed by atoms with Gasteiger partial charge in [0, 0.05) is 6.54 Å². The molecule has 3 rings (SSSR count). The molecule has 0 unspecified atom stereocenters.